The van der Waals surface area contributed by atoms with Crippen molar-refractivity contribution in [1.82, 2.24) is 0 Å². The number of carbonyl (C=O) groups is 2. The molecule has 1 atom stereocenters. The highest BCUT2D eigenvalue weighted by atomic mass is 19.4. The Morgan fingerprint density at radius 2 is 1.75 bits per heavy atom. The van der Waals surface area contributed by atoms with Crippen LogP contribution in [0.25, 0.3) is 0 Å². The van der Waals surface area contributed by atoms with Crippen LogP contribution in [0.3, 0.4) is 0 Å². The standard InChI is InChI=1S/C9H14F3NO3/c10-9(11,12)7(14)5-3-1-2-4-6(13)8(15)16/h6H,1-5,13H2,(H,15,16). The molecule has 3 N–H and O–H groups in total. The number of aliphatic carboxylic acids is 1. The van der Waals surface area contributed by atoms with Gasteiger partial charge in [-0.1, -0.05) is 12.8 Å². The molecule has 1 unspecified atom stereocenters. The molecule has 0 amide bonds. The second-order valence-electron chi connectivity index (χ2n) is 3.47. The minimum atomic E-state index is -4.77. The fourth-order valence-electron chi connectivity index (χ4n) is 1.09. The van der Waals surface area contributed by atoms with Crippen LogP contribution in [-0.2, 0) is 9.59 Å². The van der Waals surface area contributed by atoms with Crippen LogP contribution in [0.1, 0.15) is 32.1 Å². The van der Waals surface area contributed by atoms with E-state index in [0.29, 0.717) is 12.8 Å². The Morgan fingerprint density at radius 1 is 1.19 bits per heavy atom. The largest absolute Gasteiger partial charge is 0.480 e. The third-order valence-corrected chi connectivity index (χ3v) is 2.05. The average molecular weight is 241 g/mol. The molecule has 0 spiro atoms. The molecule has 0 radical (unpaired) electrons. The van der Waals surface area contributed by atoms with Crippen LogP contribution in [0.5, 0.6) is 0 Å². The van der Waals surface area contributed by atoms with Crippen molar-refractivity contribution in [2.75, 3.05) is 0 Å². The van der Waals surface area contributed by atoms with E-state index in [-0.39, 0.29) is 12.8 Å². The van der Waals surface area contributed by atoms with Crippen molar-refractivity contribution < 1.29 is 27.9 Å². The Labute approximate surface area is 90.6 Å². The zero-order valence-corrected chi connectivity index (χ0v) is 8.59. The van der Waals surface area contributed by atoms with Gasteiger partial charge in [-0.05, 0) is 12.8 Å². The number of ketones is 1. The molecule has 0 heterocycles. The van der Waals surface area contributed by atoms with Crippen molar-refractivity contribution in [3.63, 3.8) is 0 Å². The lowest BCUT2D eigenvalue weighted by Gasteiger charge is -2.06. The summed E-state index contributed by atoms with van der Waals surface area (Å²) < 4.78 is 35.2. The fourth-order valence-corrected chi connectivity index (χ4v) is 1.09. The van der Waals surface area contributed by atoms with E-state index in [1.54, 1.807) is 0 Å². The molecule has 0 aliphatic heterocycles. The maximum Gasteiger partial charge on any atom is 0.449 e. The van der Waals surface area contributed by atoms with Crippen LogP contribution in [0.4, 0.5) is 13.2 Å². The van der Waals surface area contributed by atoms with Crippen molar-refractivity contribution in [3.05, 3.63) is 0 Å². The lowest BCUT2D eigenvalue weighted by Crippen LogP contribution is -2.29. The van der Waals surface area contributed by atoms with Crippen LogP contribution in [0.15, 0.2) is 0 Å². The van der Waals surface area contributed by atoms with Gasteiger partial charge in [0.2, 0.25) is 5.78 Å². The Balaban J connectivity index is 3.55. The number of carboxylic acids is 1. The third kappa shape index (κ3) is 6.39. The first-order valence-corrected chi connectivity index (χ1v) is 4.83. The molecule has 0 aromatic rings. The molecule has 0 bridgehead atoms. The van der Waals surface area contributed by atoms with E-state index in [2.05, 4.69) is 0 Å². The molecule has 0 aromatic heterocycles. The molecular weight excluding hydrogens is 227 g/mol. The van der Waals surface area contributed by atoms with E-state index in [1.165, 1.54) is 0 Å². The zero-order chi connectivity index (χ0) is 12.8. The summed E-state index contributed by atoms with van der Waals surface area (Å²) in [4.78, 5) is 20.7. The number of nitrogens with two attached hydrogens (primary N) is 1. The molecule has 7 heteroatoms. The number of carbonyl (C=O) groups excluding carboxylic acids is 1. The Kier molecular flexibility index (Phi) is 6.02. The van der Waals surface area contributed by atoms with E-state index >= 15 is 0 Å². The van der Waals surface area contributed by atoms with Gasteiger partial charge in [-0.25, -0.2) is 0 Å². The van der Waals surface area contributed by atoms with Crippen LogP contribution in [0.2, 0.25) is 0 Å². The Bertz CT molecular complexity index is 253. The molecule has 0 saturated carbocycles. The van der Waals surface area contributed by atoms with Crippen LogP contribution in [0, 0.1) is 0 Å². The number of carboxylic acid groups (broad SMARTS) is 1. The summed E-state index contributed by atoms with van der Waals surface area (Å²) in [6, 6.07) is -0.988. The number of halogens is 3. The van der Waals surface area contributed by atoms with E-state index in [0.717, 1.165) is 0 Å². The maximum absolute atomic E-state index is 11.7. The lowest BCUT2D eigenvalue weighted by atomic mass is 10.1. The predicted octanol–water partition coefficient (Wildman–Crippen LogP) is 1.48. The maximum atomic E-state index is 11.7. The van der Waals surface area contributed by atoms with Crippen molar-refractivity contribution in [1.29, 1.82) is 0 Å². The predicted molar refractivity (Wildman–Crippen MR) is 49.8 cm³/mol. The third-order valence-electron chi connectivity index (χ3n) is 2.05. The average Bonchev–Trinajstić information content (AvgIpc) is 2.14. The number of unbranched alkanes of at least 4 members (excludes halogenated alkanes) is 2. The summed E-state index contributed by atoms with van der Waals surface area (Å²) >= 11 is 0. The van der Waals surface area contributed by atoms with E-state index in [1.807, 2.05) is 0 Å². The second kappa shape index (κ2) is 6.47. The van der Waals surface area contributed by atoms with Gasteiger partial charge in [0.1, 0.15) is 6.04 Å². The summed E-state index contributed by atoms with van der Waals surface area (Å²) in [7, 11) is 0. The molecular formula is C9H14F3NO3. The normalized spacial score (nSPS) is 13.5. The van der Waals surface area contributed by atoms with Crippen LogP contribution < -0.4 is 5.73 Å². The van der Waals surface area contributed by atoms with Crippen LogP contribution in [-0.4, -0.2) is 29.1 Å². The van der Waals surface area contributed by atoms with Gasteiger partial charge in [0.15, 0.2) is 0 Å². The highest BCUT2D eigenvalue weighted by Crippen LogP contribution is 2.19. The minimum absolute atomic E-state index is 0.102. The number of Topliss-reactive ketones (excluding diaryl/α,β-unsaturated/α-hetero) is 1. The number of hydrogen-bond acceptors (Lipinski definition) is 3. The summed E-state index contributed by atoms with van der Waals surface area (Å²) in [6.07, 6.45) is -4.25. The Morgan fingerprint density at radius 3 is 2.19 bits per heavy atom. The lowest BCUT2D eigenvalue weighted by molar-refractivity contribution is -0.171. The van der Waals surface area contributed by atoms with E-state index in [9.17, 15) is 22.8 Å². The van der Waals surface area contributed by atoms with Gasteiger partial charge in [-0.15, -0.1) is 0 Å². The molecule has 16 heavy (non-hydrogen) atoms. The number of hydrogen-bond donors (Lipinski definition) is 2. The first-order chi connectivity index (χ1) is 7.25. The topological polar surface area (TPSA) is 80.4 Å². The highest BCUT2D eigenvalue weighted by molar-refractivity contribution is 5.83. The number of rotatable bonds is 7. The summed E-state index contributed by atoms with van der Waals surface area (Å²) in [6.45, 7) is 0. The zero-order valence-electron chi connectivity index (χ0n) is 8.59. The fraction of sp³-hybridized carbons (Fsp3) is 0.778. The van der Waals surface area contributed by atoms with E-state index in [4.69, 9.17) is 10.8 Å². The molecule has 94 valence electrons. The minimum Gasteiger partial charge on any atom is -0.480 e. The van der Waals surface area contributed by atoms with Crippen molar-refractivity contribution in [2.24, 2.45) is 5.73 Å². The highest BCUT2D eigenvalue weighted by Gasteiger charge is 2.36. The van der Waals surface area contributed by atoms with E-state index < -0.39 is 30.4 Å². The molecule has 0 aliphatic rings. The number of alkyl halides is 3. The molecule has 0 aliphatic carbocycles. The van der Waals surface area contributed by atoms with Crippen LogP contribution >= 0.6 is 0 Å². The van der Waals surface area contributed by atoms with Gasteiger partial charge in [-0.2, -0.15) is 13.2 Å². The second-order valence-corrected chi connectivity index (χ2v) is 3.47. The smallest absolute Gasteiger partial charge is 0.449 e. The molecule has 4 nitrogen and oxygen atoms in total. The summed E-state index contributed by atoms with van der Waals surface area (Å²) in [5, 5.41) is 8.41. The monoisotopic (exact) mass is 241 g/mol. The van der Waals surface area contributed by atoms with Gasteiger partial charge in [0.25, 0.3) is 0 Å². The van der Waals surface area contributed by atoms with Crippen molar-refractivity contribution in [3.8, 4) is 0 Å². The first kappa shape index (κ1) is 14.9. The molecule has 0 rings (SSSR count). The summed E-state index contributed by atoms with van der Waals surface area (Å²) in [5.74, 6) is -2.87. The molecule has 0 fully saturated rings. The van der Waals surface area contributed by atoms with Gasteiger partial charge in [0, 0.05) is 6.42 Å². The summed E-state index contributed by atoms with van der Waals surface area (Å²) in [5.41, 5.74) is 5.18. The van der Waals surface area contributed by atoms with Gasteiger partial charge >= 0.3 is 12.1 Å². The van der Waals surface area contributed by atoms with Crippen molar-refractivity contribution in [2.45, 2.75) is 44.3 Å². The quantitative estimate of drug-likeness (QED) is 0.661. The SMILES string of the molecule is NC(CCCCCC(=O)C(F)(F)F)C(=O)O. The first-order valence-electron chi connectivity index (χ1n) is 4.83. The Hall–Kier alpha value is -1.11. The molecule has 0 aromatic carbocycles. The van der Waals surface area contributed by atoms with Gasteiger partial charge < -0.3 is 10.8 Å². The molecule has 0 saturated heterocycles. The van der Waals surface area contributed by atoms with Gasteiger partial charge in [-0.3, -0.25) is 9.59 Å². The van der Waals surface area contributed by atoms with Gasteiger partial charge in [0.05, 0.1) is 0 Å². The van der Waals surface area contributed by atoms with Crippen molar-refractivity contribution >= 4 is 11.8 Å².